The van der Waals surface area contributed by atoms with E-state index in [-0.39, 0.29) is 17.9 Å². The van der Waals surface area contributed by atoms with Crippen molar-refractivity contribution in [3.8, 4) is 11.5 Å². The molecule has 5 nitrogen and oxygen atoms in total. The maximum atomic E-state index is 12.4. The van der Waals surface area contributed by atoms with Gasteiger partial charge in [0.15, 0.2) is 17.3 Å². The van der Waals surface area contributed by atoms with Gasteiger partial charge in [0.25, 0.3) is 0 Å². The zero-order valence-electron chi connectivity index (χ0n) is 18.8. The maximum absolute atomic E-state index is 12.4. The van der Waals surface area contributed by atoms with Crippen LogP contribution in [0.25, 0.3) is 0 Å². The minimum atomic E-state index is -0.632. The predicted octanol–water partition coefficient (Wildman–Crippen LogP) is 4.34. The first-order valence-corrected chi connectivity index (χ1v) is 10.6. The molecule has 0 radical (unpaired) electrons. The van der Waals surface area contributed by atoms with E-state index in [2.05, 4.69) is 26.1 Å². The number of β-amino-alcohol motifs (C(OH)–C–C–N with tert-alkyl or cyclic N) is 1. The number of aliphatic hydroxyl groups is 1. The molecule has 0 fully saturated rings. The van der Waals surface area contributed by atoms with Crippen molar-refractivity contribution in [1.29, 1.82) is 0 Å². The molecule has 0 aliphatic heterocycles. The molecule has 0 aliphatic rings. The van der Waals surface area contributed by atoms with E-state index in [1.165, 1.54) is 0 Å². The number of hydrogen-bond donors (Lipinski definition) is 2. The van der Waals surface area contributed by atoms with Gasteiger partial charge in [-0.1, -0.05) is 42.8 Å². The third kappa shape index (κ3) is 7.47. The Bertz CT molecular complexity index is 814. The van der Waals surface area contributed by atoms with Crippen LogP contribution in [-0.2, 0) is 6.42 Å². The second kappa shape index (κ2) is 11.1. The van der Waals surface area contributed by atoms with Gasteiger partial charge in [0.1, 0.15) is 12.7 Å². The van der Waals surface area contributed by atoms with Gasteiger partial charge < -0.3 is 19.9 Å². The van der Waals surface area contributed by atoms with E-state index >= 15 is 0 Å². The summed E-state index contributed by atoms with van der Waals surface area (Å²) in [4.78, 5) is 12.4. The molecule has 0 saturated carbocycles. The monoisotopic (exact) mass is 413 g/mol. The summed E-state index contributed by atoms with van der Waals surface area (Å²) in [6.45, 7) is 8.93. The van der Waals surface area contributed by atoms with Crippen LogP contribution in [0.3, 0.4) is 0 Å². The van der Waals surface area contributed by atoms with Crippen molar-refractivity contribution in [1.82, 2.24) is 5.32 Å². The zero-order chi connectivity index (χ0) is 22.1. The summed E-state index contributed by atoms with van der Waals surface area (Å²) in [7, 11) is 1.59. The minimum absolute atomic E-state index is 0.0252. The number of Topliss-reactive ketones (excluding diaryl/α,β-unsaturated/α-hetero) is 1. The molecule has 0 bridgehead atoms. The highest BCUT2D eigenvalue weighted by molar-refractivity contribution is 5.96. The minimum Gasteiger partial charge on any atom is -0.493 e. The van der Waals surface area contributed by atoms with Crippen molar-refractivity contribution in [3.05, 3.63) is 59.2 Å². The number of methoxy groups -OCH3 is 1. The third-order valence-corrected chi connectivity index (χ3v) is 5.37. The average Bonchev–Trinajstić information content (AvgIpc) is 2.75. The Kier molecular flexibility index (Phi) is 8.88. The Morgan fingerprint density at radius 2 is 1.83 bits per heavy atom. The highest BCUT2D eigenvalue weighted by Gasteiger charge is 2.17. The molecule has 0 saturated heterocycles. The number of benzene rings is 2. The van der Waals surface area contributed by atoms with Crippen LogP contribution >= 0.6 is 0 Å². The number of aryl methyl sites for hydroxylation is 2. The van der Waals surface area contributed by atoms with Crippen molar-refractivity contribution in [2.24, 2.45) is 0 Å². The summed E-state index contributed by atoms with van der Waals surface area (Å²) in [5.74, 6) is 1.30. The number of nitrogens with one attached hydrogen (secondary N) is 1. The molecule has 2 rings (SSSR count). The molecule has 5 heteroatoms. The summed E-state index contributed by atoms with van der Waals surface area (Å²) >= 11 is 0. The lowest BCUT2D eigenvalue weighted by Crippen LogP contribution is -2.44. The average molecular weight is 414 g/mol. The van der Waals surface area contributed by atoms with Crippen LogP contribution in [0.15, 0.2) is 42.5 Å². The molecule has 0 aliphatic carbocycles. The molecule has 0 amide bonds. The lowest BCUT2D eigenvalue weighted by molar-refractivity contribution is 0.0969. The third-order valence-electron chi connectivity index (χ3n) is 5.37. The quantitative estimate of drug-likeness (QED) is 0.507. The number of hydrogen-bond acceptors (Lipinski definition) is 5. The molecule has 0 aromatic heterocycles. The Labute approximate surface area is 180 Å². The smallest absolute Gasteiger partial charge is 0.163 e. The van der Waals surface area contributed by atoms with Gasteiger partial charge in [0.05, 0.1) is 7.11 Å². The molecule has 2 N–H and O–H groups in total. The number of ether oxygens (including phenoxy) is 2. The number of rotatable bonds is 12. The lowest BCUT2D eigenvalue weighted by Gasteiger charge is -2.26. The van der Waals surface area contributed by atoms with Gasteiger partial charge in [-0.2, -0.15) is 0 Å². The van der Waals surface area contributed by atoms with Gasteiger partial charge in [-0.25, -0.2) is 0 Å². The van der Waals surface area contributed by atoms with Gasteiger partial charge in [0.2, 0.25) is 0 Å². The second-order valence-electron chi connectivity index (χ2n) is 8.36. The highest BCUT2D eigenvalue weighted by Crippen LogP contribution is 2.29. The predicted molar refractivity (Wildman–Crippen MR) is 121 cm³/mol. The molecular weight excluding hydrogens is 378 g/mol. The normalized spacial score (nSPS) is 12.5. The topological polar surface area (TPSA) is 67.8 Å². The Morgan fingerprint density at radius 1 is 1.13 bits per heavy atom. The van der Waals surface area contributed by atoms with Crippen molar-refractivity contribution >= 4 is 5.78 Å². The lowest BCUT2D eigenvalue weighted by atomic mass is 10.0. The number of ketones is 1. The van der Waals surface area contributed by atoms with E-state index < -0.39 is 6.10 Å². The Balaban J connectivity index is 1.94. The summed E-state index contributed by atoms with van der Waals surface area (Å²) in [5.41, 5.74) is 2.84. The number of carbonyl (C=O) groups excluding carboxylic acids is 1. The van der Waals surface area contributed by atoms with Crippen LogP contribution in [-0.4, -0.2) is 42.8 Å². The Morgan fingerprint density at radius 3 is 2.47 bits per heavy atom. The second-order valence-corrected chi connectivity index (χ2v) is 8.36. The van der Waals surface area contributed by atoms with Crippen LogP contribution in [0, 0.1) is 6.92 Å². The maximum Gasteiger partial charge on any atom is 0.163 e. The van der Waals surface area contributed by atoms with Gasteiger partial charge in [-0.05, 0) is 51.3 Å². The molecular formula is C25H35NO4. The molecule has 0 heterocycles. The van der Waals surface area contributed by atoms with E-state index in [4.69, 9.17) is 9.47 Å². The standard InChI is InChI=1S/C25H35NO4/c1-6-25(3,4)26-16-21(27)17-30-24-15-19(10-14-23(24)29-5)9-13-22(28)20-11-7-18(2)8-12-20/h7-8,10-12,14-15,21,26-27H,6,9,13,16-17H2,1-5H3/t21-/m0/s1. The fraction of sp³-hybridized carbons (Fsp3) is 0.480. The Hall–Kier alpha value is -2.37. The summed E-state index contributed by atoms with van der Waals surface area (Å²) in [6.07, 6.45) is 1.37. The molecule has 164 valence electrons. The fourth-order valence-electron chi connectivity index (χ4n) is 2.90. The van der Waals surface area contributed by atoms with E-state index in [1.807, 2.05) is 49.4 Å². The van der Waals surface area contributed by atoms with Crippen molar-refractivity contribution in [3.63, 3.8) is 0 Å². The molecule has 30 heavy (non-hydrogen) atoms. The van der Waals surface area contributed by atoms with Gasteiger partial charge in [0, 0.05) is 24.1 Å². The van der Waals surface area contributed by atoms with Crippen molar-refractivity contribution in [2.45, 2.75) is 58.6 Å². The zero-order valence-corrected chi connectivity index (χ0v) is 18.8. The first kappa shape index (κ1) is 23.9. The van der Waals surface area contributed by atoms with Crippen molar-refractivity contribution in [2.75, 3.05) is 20.3 Å². The first-order valence-electron chi connectivity index (χ1n) is 10.6. The number of carbonyl (C=O) groups is 1. The van der Waals surface area contributed by atoms with Crippen LogP contribution in [0.5, 0.6) is 11.5 Å². The summed E-state index contributed by atoms with van der Waals surface area (Å²) < 4.78 is 11.2. The highest BCUT2D eigenvalue weighted by atomic mass is 16.5. The number of aliphatic hydroxyl groups excluding tert-OH is 1. The largest absolute Gasteiger partial charge is 0.493 e. The van der Waals surface area contributed by atoms with E-state index in [0.29, 0.717) is 30.9 Å². The van der Waals surface area contributed by atoms with Crippen LogP contribution in [0.2, 0.25) is 0 Å². The van der Waals surface area contributed by atoms with E-state index in [1.54, 1.807) is 7.11 Å². The molecule has 0 spiro atoms. The summed E-state index contributed by atoms with van der Waals surface area (Å²) in [5, 5.41) is 13.6. The van der Waals surface area contributed by atoms with Gasteiger partial charge in [-0.15, -0.1) is 0 Å². The molecule has 1 atom stereocenters. The molecule has 2 aromatic carbocycles. The van der Waals surface area contributed by atoms with E-state index in [9.17, 15) is 9.90 Å². The molecule has 2 aromatic rings. The van der Waals surface area contributed by atoms with Gasteiger partial charge in [-0.3, -0.25) is 4.79 Å². The first-order chi connectivity index (χ1) is 14.2. The van der Waals surface area contributed by atoms with Crippen LogP contribution in [0.4, 0.5) is 0 Å². The van der Waals surface area contributed by atoms with E-state index in [0.717, 1.165) is 23.1 Å². The summed E-state index contributed by atoms with van der Waals surface area (Å²) in [6, 6.07) is 13.3. The molecule has 0 unspecified atom stereocenters. The van der Waals surface area contributed by atoms with Gasteiger partial charge >= 0.3 is 0 Å². The van der Waals surface area contributed by atoms with Crippen molar-refractivity contribution < 1.29 is 19.4 Å². The SMILES string of the molecule is CCC(C)(C)NC[C@H](O)COc1cc(CCC(=O)c2ccc(C)cc2)ccc1OC. The van der Waals surface area contributed by atoms with Crippen LogP contribution < -0.4 is 14.8 Å². The van der Waals surface area contributed by atoms with Crippen LogP contribution in [0.1, 0.15) is 55.1 Å². The fourth-order valence-corrected chi connectivity index (χ4v) is 2.90.